The second kappa shape index (κ2) is 8.95. The molecule has 3 rings (SSSR count). The number of carbonyl (C=O) groups excluding carboxylic acids is 2. The smallest absolute Gasteiger partial charge is 0.322 e. The monoisotopic (exact) mass is 382 g/mol. The lowest BCUT2D eigenvalue weighted by Gasteiger charge is -2.28. The summed E-state index contributed by atoms with van der Waals surface area (Å²) in [7, 11) is 1.99. The van der Waals surface area contributed by atoms with Crippen LogP contribution in [0.2, 0.25) is 0 Å². The van der Waals surface area contributed by atoms with E-state index in [4.69, 9.17) is 0 Å². The minimum absolute atomic E-state index is 0.0104. The quantitative estimate of drug-likeness (QED) is 0.756. The molecule has 6 heteroatoms. The largest absolute Gasteiger partial charge is 0.353 e. The molecular formula is C22H30N4O2. The Bertz CT molecular complexity index is 808. The van der Waals surface area contributed by atoms with Gasteiger partial charge in [-0.05, 0) is 50.5 Å². The molecule has 1 aliphatic rings. The Kier molecular flexibility index (Phi) is 6.39. The molecule has 1 aromatic carbocycles. The van der Waals surface area contributed by atoms with E-state index in [1.807, 2.05) is 73.0 Å². The van der Waals surface area contributed by atoms with Crippen molar-refractivity contribution in [3.05, 3.63) is 53.9 Å². The van der Waals surface area contributed by atoms with Gasteiger partial charge in [0.15, 0.2) is 0 Å². The predicted molar refractivity (Wildman–Crippen MR) is 111 cm³/mol. The number of aryl methyl sites for hydroxylation is 2. The van der Waals surface area contributed by atoms with Crippen molar-refractivity contribution in [3.63, 3.8) is 0 Å². The number of carbonyl (C=O) groups is 2. The molecule has 1 aliphatic carbocycles. The molecule has 1 N–H and O–H groups in total. The molecule has 1 saturated carbocycles. The van der Waals surface area contributed by atoms with Crippen molar-refractivity contribution < 1.29 is 9.59 Å². The van der Waals surface area contributed by atoms with Crippen molar-refractivity contribution in [2.75, 3.05) is 18.4 Å². The molecule has 1 heterocycles. The molecule has 0 unspecified atom stereocenters. The molecule has 0 bridgehead atoms. The number of anilines is 1. The average molecular weight is 383 g/mol. The van der Waals surface area contributed by atoms with Crippen LogP contribution in [0.4, 0.5) is 10.5 Å². The zero-order valence-electron chi connectivity index (χ0n) is 17.0. The summed E-state index contributed by atoms with van der Waals surface area (Å²) < 4.78 is 2.04. The highest BCUT2D eigenvalue weighted by molar-refractivity contribution is 5.92. The van der Waals surface area contributed by atoms with Crippen LogP contribution in [-0.4, -0.2) is 45.4 Å². The summed E-state index contributed by atoms with van der Waals surface area (Å²) >= 11 is 0. The molecule has 3 amide bonds. The van der Waals surface area contributed by atoms with Crippen molar-refractivity contribution in [1.29, 1.82) is 0 Å². The fourth-order valence-electron chi connectivity index (χ4n) is 3.26. The van der Waals surface area contributed by atoms with Gasteiger partial charge in [0.1, 0.15) is 6.54 Å². The number of benzene rings is 1. The number of urea groups is 1. The molecule has 1 fully saturated rings. The summed E-state index contributed by atoms with van der Waals surface area (Å²) in [5.74, 6) is 0.0104. The van der Waals surface area contributed by atoms with Gasteiger partial charge in [0, 0.05) is 37.2 Å². The molecule has 0 radical (unpaired) electrons. The molecule has 0 atom stereocenters. The summed E-state index contributed by atoms with van der Waals surface area (Å²) in [6, 6.07) is 11.8. The van der Waals surface area contributed by atoms with Gasteiger partial charge in [-0.15, -0.1) is 0 Å². The van der Waals surface area contributed by atoms with Gasteiger partial charge in [-0.2, -0.15) is 0 Å². The molecule has 2 aromatic rings. The first-order valence-electron chi connectivity index (χ1n) is 10.00. The first kappa shape index (κ1) is 20.0. The van der Waals surface area contributed by atoms with E-state index in [0.29, 0.717) is 19.1 Å². The highest BCUT2D eigenvalue weighted by Crippen LogP contribution is 2.28. The van der Waals surface area contributed by atoms with Crippen LogP contribution in [0.25, 0.3) is 0 Å². The second-order valence-electron chi connectivity index (χ2n) is 7.58. The van der Waals surface area contributed by atoms with E-state index >= 15 is 0 Å². The van der Waals surface area contributed by atoms with Crippen LogP contribution < -0.4 is 5.32 Å². The minimum atomic E-state index is -0.228. The van der Waals surface area contributed by atoms with Gasteiger partial charge in [-0.25, -0.2) is 4.79 Å². The molecule has 0 spiro atoms. The summed E-state index contributed by atoms with van der Waals surface area (Å²) in [5.41, 5.74) is 2.98. The number of hydrogen-bond acceptors (Lipinski definition) is 2. The maximum absolute atomic E-state index is 13.0. The van der Waals surface area contributed by atoms with E-state index in [9.17, 15) is 9.59 Å². The van der Waals surface area contributed by atoms with Gasteiger partial charge in [0.2, 0.25) is 5.91 Å². The lowest BCUT2D eigenvalue weighted by atomic mass is 10.2. The Labute approximate surface area is 167 Å². The Morgan fingerprint density at radius 2 is 1.89 bits per heavy atom. The zero-order chi connectivity index (χ0) is 20.1. The van der Waals surface area contributed by atoms with Crippen LogP contribution in [-0.2, 0) is 18.4 Å². The third-order valence-corrected chi connectivity index (χ3v) is 5.10. The van der Waals surface area contributed by atoms with Crippen LogP contribution in [0, 0.1) is 6.92 Å². The molecule has 1 aromatic heterocycles. The zero-order valence-corrected chi connectivity index (χ0v) is 17.0. The number of hydrogen-bond donors (Lipinski definition) is 1. The normalized spacial score (nSPS) is 13.2. The molecule has 150 valence electrons. The highest BCUT2D eigenvalue weighted by atomic mass is 16.2. The summed E-state index contributed by atoms with van der Waals surface area (Å²) in [6.07, 6.45) is 4.87. The molecule has 0 saturated heterocycles. The van der Waals surface area contributed by atoms with E-state index in [2.05, 4.69) is 5.32 Å². The van der Waals surface area contributed by atoms with Gasteiger partial charge >= 0.3 is 6.03 Å². The van der Waals surface area contributed by atoms with Gasteiger partial charge in [0.25, 0.3) is 0 Å². The number of rotatable bonds is 8. The maximum atomic E-state index is 13.0. The molecule has 6 nitrogen and oxygen atoms in total. The molecular weight excluding hydrogens is 352 g/mol. The first-order chi connectivity index (χ1) is 13.5. The van der Waals surface area contributed by atoms with Crippen LogP contribution in [0.15, 0.2) is 42.6 Å². The Balaban J connectivity index is 1.65. The fraction of sp³-hybridized carbons (Fsp3) is 0.455. The van der Waals surface area contributed by atoms with Crippen LogP contribution in [0.5, 0.6) is 0 Å². The number of nitrogens with zero attached hydrogens (tertiary/aromatic N) is 3. The Morgan fingerprint density at radius 3 is 2.46 bits per heavy atom. The summed E-state index contributed by atoms with van der Waals surface area (Å²) in [5, 5.41) is 2.91. The SMILES string of the molecule is CCCN(CC(=O)N(Cc1cccn1C)C1CC1)C(=O)Nc1ccc(C)cc1. The predicted octanol–water partition coefficient (Wildman–Crippen LogP) is 3.77. The van der Waals surface area contributed by atoms with E-state index < -0.39 is 0 Å². The van der Waals surface area contributed by atoms with Gasteiger partial charge < -0.3 is 19.7 Å². The lowest BCUT2D eigenvalue weighted by molar-refractivity contribution is -0.133. The molecule has 0 aliphatic heterocycles. The fourth-order valence-corrected chi connectivity index (χ4v) is 3.26. The van der Waals surface area contributed by atoms with E-state index in [0.717, 1.165) is 36.2 Å². The van der Waals surface area contributed by atoms with Crippen molar-refractivity contribution in [1.82, 2.24) is 14.4 Å². The third-order valence-electron chi connectivity index (χ3n) is 5.10. The Morgan fingerprint density at radius 1 is 1.18 bits per heavy atom. The Hall–Kier alpha value is -2.76. The van der Waals surface area contributed by atoms with E-state index in [1.54, 1.807) is 4.90 Å². The molecule has 28 heavy (non-hydrogen) atoms. The van der Waals surface area contributed by atoms with Crippen LogP contribution in [0.1, 0.15) is 37.4 Å². The highest BCUT2D eigenvalue weighted by Gasteiger charge is 2.34. The third kappa shape index (κ3) is 5.15. The van der Waals surface area contributed by atoms with Crippen molar-refractivity contribution in [2.24, 2.45) is 7.05 Å². The van der Waals surface area contributed by atoms with E-state index in [1.165, 1.54) is 0 Å². The van der Waals surface area contributed by atoms with E-state index in [-0.39, 0.29) is 18.5 Å². The van der Waals surface area contributed by atoms with Gasteiger partial charge in [-0.1, -0.05) is 24.6 Å². The topological polar surface area (TPSA) is 57.6 Å². The summed E-state index contributed by atoms with van der Waals surface area (Å²) in [4.78, 5) is 29.3. The summed E-state index contributed by atoms with van der Waals surface area (Å²) in [6.45, 7) is 5.26. The average Bonchev–Trinajstić information content (AvgIpc) is 3.43. The standard InChI is InChI=1S/C22H30N4O2/c1-4-13-25(22(28)23-18-9-7-17(2)8-10-18)16-21(27)26(19-11-12-19)15-20-6-5-14-24(20)3/h5-10,14,19H,4,11-13,15-16H2,1-3H3,(H,23,28). The maximum Gasteiger partial charge on any atom is 0.322 e. The number of aromatic nitrogens is 1. The number of amides is 3. The van der Waals surface area contributed by atoms with Crippen molar-refractivity contribution in [3.8, 4) is 0 Å². The number of nitrogens with one attached hydrogen (secondary N) is 1. The van der Waals surface area contributed by atoms with Crippen LogP contribution in [0.3, 0.4) is 0 Å². The second-order valence-corrected chi connectivity index (χ2v) is 7.58. The van der Waals surface area contributed by atoms with Crippen molar-refractivity contribution in [2.45, 2.75) is 45.7 Å². The van der Waals surface area contributed by atoms with Gasteiger partial charge in [-0.3, -0.25) is 4.79 Å². The minimum Gasteiger partial charge on any atom is -0.353 e. The first-order valence-corrected chi connectivity index (χ1v) is 10.00. The van der Waals surface area contributed by atoms with Crippen LogP contribution >= 0.6 is 0 Å². The van der Waals surface area contributed by atoms with Gasteiger partial charge in [0.05, 0.1) is 6.54 Å². The van der Waals surface area contributed by atoms with Crippen molar-refractivity contribution >= 4 is 17.6 Å². The lowest BCUT2D eigenvalue weighted by Crippen LogP contribution is -2.45.